The Morgan fingerprint density at radius 3 is 2.23 bits per heavy atom. The van der Waals surface area contributed by atoms with Gasteiger partial charge in [0.2, 0.25) is 0 Å². The summed E-state index contributed by atoms with van der Waals surface area (Å²) in [6, 6.07) is 15.8. The molecule has 0 unspecified atom stereocenters. The summed E-state index contributed by atoms with van der Waals surface area (Å²) in [7, 11) is -4.22. The molecule has 3 rings (SSSR count). The molecule has 0 aromatic heterocycles. The fourth-order valence-corrected chi connectivity index (χ4v) is 3.55. The molecule has 0 aliphatic carbocycles. The van der Waals surface area contributed by atoms with Gasteiger partial charge in [0, 0.05) is 11.3 Å². The molecule has 3 aromatic rings. The number of anilines is 1. The van der Waals surface area contributed by atoms with Gasteiger partial charge >= 0.3 is 5.97 Å². The number of hydrogen-bond acceptors (Lipinski definition) is 5. The highest BCUT2D eigenvalue weighted by molar-refractivity contribution is 7.92. The van der Waals surface area contributed by atoms with Gasteiger partial charge in [-0.05, 0) is 36.4 Å². The van der Waals surface area contributed by atoms with Crippen LogP contribution in [0.4, 0.5) is 14.5 Å². The second kappa shape index (κ2) is 8.83. The number of sulfonamides is 1. The first-order valence-electron chi connectivity index (χ1n) is 8.59. The molecule has 0 radical (unpaired) electrons. The Morgan fingerprint density at radius 2 is 1.53 bits per heavy atom. The predicted octanol–water partition coefficient (Wildman–Crippen LogP) is 3.81. The Balaban J connectivity index is 1.70. The number of Topliss-reactive ketones (excluding diaryl/α,β-unsaturated/α-hetero) is 1. The molecule has 0 bridgehead atoms. The van der Waals surface area contributed by atoms with Crippen molar-refractivity contribution >= 4 is 27.5 Å². The first kappa shape index (κ1) is 21.1. The summed E-state index contributed by atoms with van der Waals surface area (Å²) in [5.41, 5.74) is 0.392. The van der Waals surface area contributed by atoms with E-state index >= 15 is 0 Å². The average Bonchev–Trinajstić information content (AvgIpc) is 2.74. The number of ketones is 1. The first-order chi connectivity index (χ1) is 14.3. The van der Waals surface area contributed by atoms with Gasteiger partial charge in [-0.3, -0.25) is 9.52 Å². The van der Waals surface area contributed by atoms with Crippen LogP contribution < -0.4 is 4.72 Å². The summed E-state index contributed by atoms with van der Waals surface area (Å²) in [5.74, 6) is -3.70. The maximum Gasteiger partial charge on any atom is 0.338 e. The van der Waals surface area contributed by atoms with Crippen molar-refractivity contribution in [3.63, 3.8) is 0 Å². The van der Waals surface area contributed by atoms with Gasteiger partial charge in [0.15, 0.2) is 24.0 Å². The second-order valence-corrected chi connectivity index (χ2v) is 7.81. The number of carbonyl (C=O) groups excluding carboxylic acids is 2. The van der Waals surface area contributed by atoms with Gasteiger partial charge in [0.05, 0.1) is 10.5 Å². The van der Waals surface area contributed by atoms with Crippen molar-refractivity contribution in [2.45, 2.75) is 4.90 Å². The zero-order chi connectivity index (χ0) is 21.7. The van der Waals surface area contributed by atoms with E-state index in [9.17, 15) is 26.8 Å². The van der Waals surface area contributed by atoms with Crippen LogP contribution in [-0.4, -0.2) is 26.8 Å². The van der Waals surface area contributed by atoms with E-state index in [1.165, 1.54) is 24.3 Å². The Hall–Kier alpha value is -3.59. The molecule has 0 saturated carbocycles. The highest BCUT2D eigenvalue weighted by Crippen LogP contribution is 2.19. The normalized spacial score (nSPS) is 11.0. The lowest BCUT2D eigenvalue weighted by Crippen LogP contribution is -2.16. The first-order valence-corrected chi connectivity index (χ1v) is 10.1. The molecule has 0 spiro atoms. The van der Waals surface area contributed by atoms with E-state index < -0.39 is 39.1 Å². The van der Waals surface area contributed by atoms with Crippen molar-refractivity contribution in [1.82, 2.24) is 0 Å². The smallest absolute Gasteiger partial charge is 0.338 e. The lowest BCUT2D eigenvalue weighted by atomic mass is 10.1. The lowest BCUT2D eigenvalue weighted by molar-refractivity contribution is 0.0475. The van der Waals surface area contributed by atoms with Crippen LogP contribution in [0.2, 0.25) is 0 Å². The number of ether oxygens (including phenoxy) is 1. The highest BCUT2D eigenvalue weighted by Gasteiger charge is 2.18. The molecule has 30 heavy (non-hydrogen) atoms. The fourth-order valence-electron chi connectivity index (χ4n) is 2.49. The van der Waals surface area contributed by atoms with E-state index in [0.29, 0.717) is 17.7 Å². The molecule has 0 saturated heterocycles. The summed E-state index contributed by atoms with van der Waals surface area (Å²) >= 11 is 0. The van der Waals surface area contributed by atoms with Crippen LogP contribution in [0.3, 0.4) is 0 Å². The summed E-state index contributed by atoms with van der Waals surface area (Å²) in [5, 5.41) is 0. The van der Waals surface area contributed by atoms with Crippen molar-refractivity contribution in [2.75, 3.05) is 11.3 Å². The van der Waals surface area contributed by atoms with Gasteiger partial charge < -0.3 is 4.74 Å². The van der Waals surface area contributed by atoms with Crippen LogP contribution >= 0.6 is 0 Å². The van der Waals surface area contributed by atoms with E-state index in [2.05, 4.69) is 4.72 Å². The van der Waals surface area contributed by atoms with E-state index in [1.807, 2.05) is 0 Å². The lowest BCUT2D eigenvalue weighted by Gasteiger charge is -2.10. The maximum absolute atomic E-state index is 13.3. The van der Waals surface area contributed by atoms with Gasteiger partial charge in [-0.1, -0.05) is 36.4 Å². The predicted molar refractivity (Wildman–Crippen MR) is 105 cm³/mol. The molecule has 154 valence electrons. The van der Waals surface area contributed by atoms with E-state index in [4.69, 9.17) is 4.74 Å². The van der Waals surface area contributed by atoms with Crippen LogP contribution in [0.25, 0.3) is 0 Å². The van der Waals surface area contributed by atoms with Crippen LogP contribution in [0.15, 0.2) is 77.7 Å². The second-order valence-electron chi connectivity index (χ2n) is 6.13. The SMILES string of the molecule is O=C(COC(=O)c1cccc(NS(=O)(=O)c2ccc(F)c(F)c2)c1)c1ccccc1. The molecule has 6 nitrogen and oxygen atoms in total. The standard InChI is InChI=1S/C21H15F2NO5S/c22-18-10-9-17(12-19(18)23)30(27,28)24-16-8-4-7-15(11-16)21(26)29-13-20(25)14-5-2-1-3-6-14/h1-12,24H,13H2. The van der Waals surface area contributed by atoms with Crippen LogP contribution in [-0.2, 0) is 14.8 Å². The molecule has 3 aromatic carbocycles. The summed E-state index contributed by atoms with van der Waals surface area (Å²) in [6.07, 6.45) is 0. The minimum absolute atomic E-state index is 0.00125. The third-order valence-electron chi connectivity index (χ3n) is 3.98. The van der Waals surface area contributed by atoms with Gasteiger partial charge in [-0.2, -0.15) is 0 Å². The van der Waals surface area contributed by atoms with Gasteiger partial charge in [-0.25, -0.2) is 22.0 Å². The molecule has 0 amide bonds. The number of nitrogens with one attached hydrogen (secondary N) is 1. The summed E-state index contributed by atoms with van der Waals surface area (Å²) < 4.78 is 58.2. The Bertz CT molecular complexity index is 1200. The molecule has 0 heterocycles. The minimum atomic E-state index is -4.22. The van der Waals surface area contributed by atoms with Crippen LogP contribution in [0, 0.1) is 11.6 Å². The van der Waals surface area contributed by atoms with E-state index in [0.717, 1.165) is 6.07 Å². The molecule has 0 aliphatic heterocycles. The van der Waals surface area contributed by atoms with Crippen molar-refractivity contribution in [1.29, 1.82) is 0 Å². The highest BCUT2D eigenvalue weighted by atomic mass is 32.2. The zero-order valence-corrected chi connectivity index (χ0v) is 16.2. The molecule has 1 N–H and O–H groups in total. The summed E-state index contributed by atoms with van der Waals surface area (Å²) in [4.78, 5) is 23.7. The number of carbonyl (C=O) groups is 2. The quantitative estimate of drug-likeness (QED) is 0.454. The fraction of sp³-hybridized carbons (Fsp3) is 0.0476. The molecular weight excluding hydrogens is 416 g/mol. The van der Waals surface area contributed by atoms with Crippen molar-refractivity contribution in [3.8, 4) is 0 Å². The number of rotatable bonds is 7. The van der Waals surface area contributed by atoms with Gasteiger partial charge in [-0.15, -0.1) is 0 Å². The molecule has 9 heteroatoms. The van der Waals surface area contributed by atoms with E-state index in [-0.39, 0.29) is 17.0 Å². The van der Waals surface area contributed by atoms with Gasteiger partial charge in [0.25, 0.3) is 10.0 Å². The number of hydrogen-bond donors (Lipinski definition) is 1. The third-order valence-corrected chi connectivity index (χ3v) is 5.36. The maximum atomic E-state index is 13.3. The molecular formula is C21H15F2NO5S. The molecule has 0 atom stereocenters. The number of benzene rings is 3. The Labute approximate surface area is 171 Å². The van der Waals surface area contributed by atoms with Gasteiger partial charge in [0.1, 0.15) is 0 Å². The minimum Gasteiger partial charge on any atom is -0.454 e. The largest absolute Gasteiger partial charge is 0.454 e. The monoisotopic (exact) mass is 431 g/mol. The van der Waals surface area contributed by atoms with E-state index in [1.54, 1.807) is 30.3 Å². The molecule has 0 aliphatic rings. The van der Waals surface area contributed by atoms with Crippen molar-refractivity contribution in [2.24, 2.45) is 0 Å². The van der Waals surface area contributed by atoms with Crippen molar-refractivity contribution in [3.05, 3.63) is 95.6 Å². The van der Waals surface area contributed by atoms with Crippen LogP contribution in [0.1, 0.15) is 20.7 Å². The number of esters is 1. The van der Waals surface area contributed by atoms with Crippen molar-refractivity contribution < 1.29 is 31.5 Å². The summed E-state index contributed by atoms with van der Waals surface area (Å²) in [6.45, 7) is -0.479. The topological polar surface area (TPSA) is 89.5 Å². The average molecular weight is 431 g/mol. The Kier molecular flexibility index (Phi) is 6.22. The third kappa shape index (κ3) is 5.06. The molecule has 0 fully saturated rings. The number of halogens is 2. The Morgan fingerprint density at radius 1 is 0.833 bits per heavy atom. The van der Waals surface area contributed by atoms with Crippen LogP contribution in [0.5, 0.6) is 0 Å². The zero-order valence-electron chi connectivity index (χ0n) is 15.3.